The van der Waals surface area contributed by atoms with E-state index in [9.17, 15) is 12.8 Å². The van der Waals surface area contributed by atoms with Gasteiger partial charge in [-0.05, 0) is 38.5 Å². The minimum absolute atomic E-state index is 0.0777. The van der Waals surface area contributed by atoms with E-state index in [2.05, 4.69) is 5.10 Å². The number of methoxy groups -OCH3 is 1. The maximum atomic E-state index is 13.6. The van der Waals surface area contributed by atoms with Crippen molar-refractivity contribution in [1.82, 2.24) is 9.78 Å². The van der Waals surface area contributed by atoms with Gasteiger partial charge in [0.05, 0.1) is 48.5 Å². The quantitative estimate of drug-likeness (QED) is 0.798. The molecule has 2 aromatic rings. The normalized spacial score (nSPS) is 20.0. The minimum atomic E-state index is -2.95. The average Bonchev–Trinajstić information content (AvgIpc) is 3.08. The Morgan fingerprint density at radius 1 is 1.33 bits per heavy atom. The fraction of sp³-hybridized carbons (Fsp3) is 0.526. The van der Waals surface area contributed by atoms with Gasteiger partial charge >= 0.3 is 0 Å². The molecule has 1 N–H and O–H groups in total. The highest BCUT2D eigenvalue weighted by Gasteiger charge is 2.31. The lowest BCUT2D eigenvalue weighted by molar-refractivity contribution is -0.907. The van der Waals surface area contributed by atoms with Crippen LogP contribution in [0.4, 0.5) is 4.39 Å². The Morgan fingerprint density at radius 3 is 2.70 bits per heavy atom. The Labute approximate surface area is 159 Å². The number of aromatic nitrogens is 2. The van der Waals surface area contributed by atoms with Gasteiger partial charge in [-0.1, -0.05) is 0 Å². The molecule has 1 fully saturated rings. The lowest BCUT2D eigenvalue weighted by Crippen LogP contribution is -3.06. The second kappa shape index (κ2) is 7.59. The molecule has 0 radical (unpaired) electrons. The van der Waals surface area contributed by atoms with E-state index in [1.807, 2.05) is 25.6 Å². The summed E-state index contributed by atoms with van der Waals surface area (Å²) in [5.74, 6) is 0.797. The highest BCUT2D eigenvalue weighted by molar-refractivity contribution is 7.91. The third-order valence-electron chi connectivity index (χ3n) is 5.24. The third kappa shape index (κ3) is 4.32. The standard InChI is InChI=1S/C19H26FN3O3S/c1-13-18(14(2)23(21-13)17-7-8-27(24,25)12-17)11-22(3)10-15-9-16(20)5-6-19(15)26-4/h5-6,9,17H,7-8,10-12H2,1-4H3/p+1/t17-/m0/s1. The zero-order valence-electron chi connectivity index (χ0n) is 16.3. The van der Waals surface area contributed by atoms with Crippen LogP contribution < -0.4 is 9.64 Å². The van der Waals surface area contributed by atoms with E-state index in [0.29, 0.717) is 18.7 Å². The molecule has 0 spiro atoms. The summed E-state index contributed by atoms with van der Waals surface area (Å²) in [6.45, 7) is 5.29. The molecule has 6 nitrogen and oxygen atoms in total. The molecular formula is C19H27FN3O3S+. The van der Waals surface area contributed by atoms with Crippen molar-refractivity contribution in [2.24, 2.45) is 0 Å². The minimum Gasteiger partial charge on any atom is -0.496 e. The molecule has 3 rings (SSSR count). The lowest BCUT2D eigenvalue weighted by Gasteiger charge is -2.17. The molecular weight excluding hydrogens is 369 g/mol. The van der Waals surface area contributed by atoms with E-state index in [-0.39, 0.29) is 23.4 Å². The van der Waals surface area contributed by atoms with Crippen LogP contribution in [0.2, 0.25) is 0 Å². The van der Waals surface area contributed by atoms with Crippen LogP contribution in [0.1, 0.15) is 35.0 Å². The van der Waals surface area contributed by atoms with Crippen LogP contribution in [-0.4, -0.2) is 43.9 Å². The number of benzene rings is 1. The van der Waals surface area contributed by atoms with Crippen LogP contribution in [0, 0.1) is 19.7 Å². The predicted octanol–water partition coefficient (Wildman–Crippen LogP) is 1.22. The molecule has 0 bridgehead atoms. The zero-order valence-corrected chi connectivity index (χ0v) is 17.1. The van der Waals surface area contributed by atoms with Crippen LogP contribution in [0.25, 0.3) is 0 Å². The Bertz CT molecular complexity index is 940. The number of nitrogens with one attached hydrogen (secondary N) is 1. The van der Waals surface area contributed by atoms with Crippen LogP contribution in [0.5, 0.6) is 5.75 Å². The van der Waals surface area contributed by atoms with Crippen molar-refractivity contribution in [3.8, 4) is 5.75 Å². The summed E-state index contributed by atoms with van der Waals surface area (Å²) in [5.41, 5.74) is 3.87. The second-order valence-electron chi connectivity index (χ2n) is 7.42. The van der Waals surface area contributed by atoms with E-state index in [1.54, 1.807) is 13.2 Å². The summed E-state index contributed by atoms with van der Waals surface area (Å²) in [4.78, 5) is 1.17. The Morgan fingerprint density at radius 2 is 2.07 bits per heavy atom. The molecule has 148 valence electrons. The molecule has 2 heterocycles. The highest BCUT2D eigenvalue weighted by Crippen LogP contribution is 2.26. The number of sulfone groups is 1. The van der Waals surface area contributed by atoms with E-state index >= 15 is 0 Å². The number of hydrogen-bond donors (Lipinski definition) is 1. The number of aryl methyl sites for hydroxylation is 1. The van der Waals surface area contributed by atoms with Gasteiger partial charge in [0.1, 0.15) is 24.7 Å². The van der Waals surface area contributed by atoms with Crippen LogP contribution >= 0.6 is 0 Å². The Hall–Kier alpha value is -1.93. The van der Waals surface area contributed by atoms with Gasteiger partial charge < -0.3 is 9.64 Å². The van der Waals surface area contributed by atoms with Crippen molar-refractivity contribution in [2.75, 3.05) is 25.7 Å². The van der Waals surface area contributed by atoms with Crippen molar-refractivity contribution < 1.29 is 22.4 Å². The first-order valence-electron chi connectivity index (χ1n) is 9.09. The van der Waals surface area contributed by atoms with Crippen molar-refractivity contribution in [2.45, 2.75) is 39.4 Å². The van der Waals surface area contributed by atoms with Crippen molar-refractivity contribution in [3.05, 3.63) is 46.5 Å². The number of nitrogens with zero attached hydrogens (tertiary/aromatic N) is 2. The molecule has 0 aliphatic carbocycles. The van der Waals surface area contributed by atoms with Gasteiger partial charge in [0, 0.05) is 5.69 Å². The number of halogens is 1. The number of rotatable bonds is 6. The van der Waals surface area contributed by atoms with Crippen molar-refractivity contribution >= 4 is 9.84 Å². The molecule has 8 heteroatoms. The van der Waals surface area contributed by atoms with Crippen molar-refractivity contribution in [1.29, 1.82) is 0 Å². The SMILES string of the molecule is COc1ccc(F)cc1C[NH+](C)Cc1c(C)nn([C@H]2CCS(=O)(=O)C2)c1C. The van der Waals surface area contributed by atoms with Gasteiger partial charge in [-0.25, -0.2) is 12.8 Å². The zero-order chi connectivity index (χ0) is 19.8. The Kier molecular flexibility index (Phi) is 5.58. The van der Waals surface area contributed by atoms with E-state index in [1.165, 1.54) is 17.0 Å². The first-order chi connectivity index (χ1) is 12.7. The number of quaternary nitrogens is 1. The van der Waals surface area contributed by atoms with Gasteiger partial charge in [0.2, 0.25) is 0 Å². The fourth-order valence-electron chi connectivity index (χ4n) is 3.85. The van der Waals surface area contributed by atoms with Gasteiger partial charge in [-0.3, -0.25) is 4.68 Å². The number of hydrogen-bond acceptors (Lipinski definition) is 4. The summed E-state index contributed by atoms with van der Waals surface area (Å²) < 4.78 is 44.4. The largest absolute Gasteiger partial charge is 0.496 e. The molecule has 27 heavy (non-hydrogen) atoms. The summed E-state index contributed by atoms with van der Waals surface area (Å²) >= 11 is 0. The fourth-order valence-corrected chi connectivity index (χ4v) is 5.54. The van der Waals surface area contributed by atoms with Gasteiger partial charge in [0.25, 0.3) is 0 Å². The molecule has 1 aromatic heterocycles. The topological polar surface area (TPSA) is 65.6 Å². The maximum absolute atomic E-state index is 13.6. The smallest absolute Gasteiger partial charge is 0.152 e. The van der Waals surface area contributed by atoms with Crippen LogP contribution in [-0.2, 0) is 22.9 Å². The van der Waals surface area contributed by atoms with Crippen LogP contribution in [0.3, 0.4) is 0 Å². The molecule has 1 aliphatic heterocycles. The first kappa shape index (κ1) is 19.8. The highest BCUT2D eigenvalue weighted by atomic mass is 32.2. The summed E-state index contributed by atoms with van der Waals surface area (Å²) in [6, 6.07) is 4.47. The molecule has 1 saturated heterocycles. The van der Waals surface area contributed by atoms with Crippen LogP contribution in [0.15, 0.2) is 18.2 Å². The first-order valence-corrected chi connectivity index (χ1v) is 10.9. The monoisotopic (exact) mass is 396 g/mol. The molecule has 1 aliphatic rings. The maximum Gasteiger partial charge on any atom is 0.152 e. The van der Waals surface area contributed by atoms with E-state index in [0.717, 1.165) is 29.1 Å². The number of ether oxygens (including phenoxy) is 1. The average molecular weight is 397 g/mol. The van der Waals surface area contributed by atoms with E-state index in [4.69, 9.17) is 4.74 Å². The third-order valence-corrected chi connectivity index (χ3v) is 6.99. The predicted molar refractivity (Wildman–Crippen MR) is 101 cm³/mol. The molecule has 1 unspecified atom stereocenters. The van der Waals surface area contributed by atoms with Gasteiger partial charge in [-0.15, -0.1) is 0 Å². The van der Waals surface area contributed by atoms with Gasteiger partial charge in [-0.2, -0.15) is 5.10 Å². The van der Waals surface area contributed by atoms with E-state index < -0.39 is 9.84 Å². The van der Waals surface area contributed by atoms with Crippen molar-refractivity contribution in [3.63, 3.8) is 0 Å². The Balaban J connectivity index is 1.77. The summed E-state index contributed by atoms with van der Waals surface area (Å²) in [6.07, 6.45) is 0.618. The molecule has 0 amide bonds. The molecule has 2 atom stereocenters. The summed E-state index contributed by atoms with van der Waals surface area (Å²) in [5, 5.41) is 4.62. The summed E-state index contributed by atoms with van der Waals surface area (Å²) in [7, 11) is 0.671. The van der Waals surface area contributed by atoms with Gasteiger partial charge in [0.15, 0.2) is 9.84 Å². The second-order valence-corrected chi connectivity index (χ2v) is 9.65. The lowest BCUT2D eigenvalue weighted by atomic mass is 10.1. The molecule has 0 saturated carbocycles. The molecule has 1 aromatic carbocycles.